The van der Waals surface area contributed by atoms with Crippen LogP contribution in [0.15, 0.2) is 12.2 Å². The van der Waals surface area contributed by atoms with Crippen LogP contribution < -0.4 is 0 Å². The molecular formula is C21H40O6. The van der Waals surface area contributed by atoms with Gasteiger partial charge < -0.3 is 20.4 Å². The summed E-state index contributed by atoms with van der Waals surface area (Å²) in [6.45, 7) is 3.40. The number of carbonyl (C=O) groups is 2. The number of aliphatic carboxylic acids is 2. The Labute approximate surface area is 164 Å². The van der Waals surface area contributed by atoms with Gasteiger partial charge in [0.05, 0.1) is 6.10 Å². The van der Waals surface area contributed by atoms with Crippen LogP contribution in [0.3, 0.4) is 0 Å². The zero-order valence-electron chi connectivity index (χ0n) is 17.1. The molecule has 0 aromatic carbocycles. The minimum absolute atomic E-state index is 0.172. The van der Waals surface area contributed by atoms with Crippen LogP contribution in [0, 0.1) is 0 Å². The number of carboxylic acids is 2. The van der Waals surface area contributed by atoms with E-state index >= 15 is 0 Å². The van der Waals surface area contributed by atoms with Crippen molar-refractivity contribution < 1.29 is 30.0 Å². The van der Waals surface area contributed by atoms with Crippen LogP contribution in [0.5, 0.6) is 0 Å². The number of aliphatic hydroxyl groups is 2. The Morgan fingerprint density at radius 3 is 1.96 bits per heavy atom. The predicted octanol–water partition coefficient (Wildman–Crippen LogP) is 4.53. The van der Waals surface area contributed by atoms with E-state index in [4.69, 9.17) is 15.3 Å². The van der Waals surface area contributed by atoms with Crippen LogP contribution in [-0.2, 0) is 9.59 Å². The maximum Gasteiger partial charge on any atom is 0.332 e. The van der Waals surface area contributed by atoms with Crippen molar-refractivity contribution >= 4 is 11.9 Å². The van der Waals surface area contributed by atoms with E-state index in [1.807, 2.05) is 0 Å². The molecule has 1 unspecified atom stereocenters. The highest BCUT2D eigenvalue weighted by Gasteiger charge is 2.02. The molecule has 6 nitrogen and oxygen atoms in total. The Bertz CT molecular complexity index is 379. The van der Waals surface area contributed by atoms with Crippen molar-refractivity contribution in [2.45, 2.75) is 110 Å². The summed E-state index contributed by atoms with van der Waals surface area (Å²) in [4.78, 5) is 19.8. The number of unbranched alkanes of at least 4 members (excludes halogenated alkanes) is 8. The van der Waals surface area contributed by atoms with Crippen molar-refractivity contribution in [1.82, 2.24) is 0 Å². The molecular weight excluding hydrogens is 348 g/mol. The maximum absolute atomic E-state index is 10.3. The molecule has 0 amide bonds. The molecule has 4 N–H and O–H groups in total. The summed E-state index contributed by atoms with van der Waals surface area (Å²) >= 11 is 0. The maximum atomic E-state index is 10.3. The van der Waals surface area contributed by atoms with Crippen LogP contribution >= 0.6 is 0 Å². The highest BCUT2D eigenvalue weighted by atomic mass is 16.4. The molecule has 27 heavy (non-hydrogen) atoms. The summed E-state index contributed by atoms with van der Waals surface area (Å²) < 4.78 is 0. The third kappa shape index (κ3) is 26.9. The summed E-state index contributed by atoms with van der Waals surface area (Å²) in [5, 5.41) is 34.1. The van der Waals surface area contributed by atoms with Gasteiger partial charge in [-0.05, 0) is 39.0 Å². The van der Waals surface area contributed by atoms with Crippen LogP contribution in [0.25, 0.3) is 0 Å². The Kier molecular flexibility index (Phi) is 21.5. The summed E-state index contributed by atoms with van der Waals surface area (Å²) in [6.07, 6.45) is 16.1. The van der Waals surface area contributed by atoms with E-state index in [9.17, 15) is 14.7 Å². The molecule has 0 aliphatic rings. The van der Waals surface area contributed by atoms with E-state index in [2.05, 4.69) is 19.1 Å². The van der Waals surface area contributed by atoms with E-state index in [0.717, 1.165) is 51.4 Å². The standard InChI is InChI=1S/C18H34O3.C3H6O3/c1-2-3-4-11-14-17(19)15-12-9-7-5-6-8-10-13-16-18(20)21;1-2(4)3(5)6/h9,12,17,19H,2-8,10-11,13-16H2,1H3,(H,20,21);2,4H,1H3,(H,5,6)/b12-9-;/t17-;/m1./s1. The monoisotopic (exact) mass is 388 g/mol. The van der Waals surface area contributed by atoms with Crippen molar-refractivity contribution in [2.24, 2.45) is 0 Å². The zero-order valence-corrected chi connectivity index (χ0v) is 17.1. The Balaban J connectivity index is 0. The lowest BCUT2D eigenvalue weighted by molar-refractivity contribution is -0.145. The SMILES string of the molecule is CC(O)C(=O)O.CCCCCC[C@@H](O)C/C=C\CCCCCCCC(=O)O. The molecule has 0 aliphatic heterocycles. The van der Waals surface area contributed by atoms with Crippen LogP contribution in [-0.4, -0.2) is 44.6 Å². The fourth-order valence-corrected chi connectivity index (χ4v) is 2.36. The zero-order chi connectivity index (χ0) is 20.9. The summed E-state index contributed by atoms with van der Waals surface area (Å²) in [5.74, 6) is -1.87. The average Bonchev–Trinajstić information content (AvgIpc) is 2.60. The number of rotatable bonds is 16. The molecule has 0 spiro atoms. The quantitative estimate of drug-likeness (QED) is 0.228. The third-order valence-corrected chi connectivity index (χ3v) is 4.08. The van der Waals surface area contributed by atoms with E-state index in [1.165, 1.54) is 32.6 Å². The van der Waals surface area contributed by atoms with Gasteiger partial charge in [0.1, 0.15) is 6.10 Å². The third-order valence-electron chi connectivity index (χ3n) is 4.08. The largest absolute Gasteiger partial charge is 0.481 e. The van der Waals surface area contributed by atoms with Crippen molar-refractivity contribution in [1.29, 1.82) is 0 Å². The molecule has 0 aromatic rings. The van der Waals surface area contributed by atoms with Gasteiger partial charge in [0.25, 0.3) is 0 Å². The normalized spacial score (nSPS) is 13.0. The molecule has 160 valence electrons. The fourth-order valence-electron chi connectivity index (χ4n) is 2.36. The molecule has 0 fully saturated rings. The molecule has 0 aromatic heterocycles. The molecule has 0 heterocycles. The second kappa shape index (κ2) is 20.9. The number of hydrogen-bond donors (Lipinski definition) is 4. The highest BCUT2D eigenvalue weighted by Crippen LogP contribution is 2.10. The van der Waals surface area contributed by atoms with Crippen molar-refractivity contribution in [3.63, 3.8) is 0 Å². The highest BCUT2D eigenvalue weighted by molar-refractivity contribution is 5.71. The predicted molar refractivity (Wildman–Crippen MR) is 108 cm³/mol. The number of hydrogen-bond acceptors (Lipinski definition) is 4. The molecule has 0 rings (SSSR count). The topological polar surface area (TPSA) is 115 Å². The van der Waals surface area contributed by atoms with E-state index in [0.29, 0.717) is 6.42 Å². The second-order valence-corrected chi connectivity index (χ2v) is 6.92. The summed E-state index contributed by atoms with van der Waals surface area (Å²) in [6, 6.07) is 0. The Morgan fingerprint density at radius 2 is 1.41 bits per heavy atom. The first-order valence-corrected chi connectivity index (χ1v) is 10.3. The summed E-state index contributed by atoms with van der Waals surface area (Å²) in [7, 11) is 0. The van der Waals surface area contributed by atoms with Gasteiger partial charge in [0.15, 0.2) is 0 Å². The second-order valence-electron chi connectivity index (χ2n) is 6.92. The van der Waals surface area contributed by atoms with E-state index in [1.54, 1.807) is 0 Å². The van der Waals surface area contributed by atoms with Gasteiger partial charge in [0, 0.05) is 6.42 Å². The molecule has 0 radical (unpaired) electrons. The first-order chi connectivity index (χ1) is 12.8. The van der Waals surface area contributed by atoms with Gasteiger partial charge in [-0.25, -0.2) is 4.79 Å². The minimum atomic E-state index is -1.23. The van der Waals surface area contributed by atoms with Crippen molar-refractivity contribution in [3.05, 3.63) is 12.2 Å². The van der Waals surface area contributed by atoms with Crippen molar-refractivity contribution in [2.75, 3.05) is 0 Å². The lowest BCUT2D eigenvalue weighted by Gasteiger charge is -2.07. The number of aliphatic hydroxyl groups excluding tert-OH is 2. The van der Waals surface area contributed by atoms with Gasteiger partial charge in [-0.1, -0.05) is 64.0 Å². The number of allylic oxidation sites excluding steroid dienone is 1. The van der Waals surface area contributed by atoms with E-state index < -0.39 is 18.0 Å². The molecule has 0 saturated carbocycles. The molecule has 0 saturated heterocycles. The molecule has 0 aliphatic carbocycles. The lowest BCUT2D eigenvalue weighted by atomic mass is 10.1. The lowest BCUT2D eigenvalue weighted by Crippen LogP contribution is -2.13. The molecule has 2 atom stereocenters. The molecule has 0 bridgehead atoms. The van der Waals surface area contributed by atoms with Gasteiger partial charge >= 0.3 is 11.9 Å². The smallest absolute Gasteiger partial charge is 0.332 e. The molecule has 6 heteroatoms. The van der Waals surface area contributed by atoms with Gasteiger partial charge in [-0.15, -0.1) is 0 Å². The van der Waals surface area contributed by atoms with E-state index in [-0.39, 0.29) is 6.10 Å². The Morgan fingerprint density at radius 1 is 0.852 bits per heavy atom. The first-order valence-electron chi connectivity index (χ1n) is 10.3. The van der Waals surface area contributed by atoms with Crippen LogP contribution in [0.1, 0.15) is 97.3 Å². The number of carboxylic acid groups (broad SMARTS) is 2. The van der Waals surface area contributed by atoms with Crippen LogP contribution in [0.4, 0.5) is 0 Å². The van der Waals surface area contributed by atoms with Gasteiger partial charge in [-0.3, -0.25) is 4.79 Å². The first kappa shape index (κ1) is 27.8. The fraction of sp³-hybridized carbons (Fsp3) is 0.810. The van der Waals surface area contributed by atoms with Crippen LogP contribution in [0.2, 0.25) is 0 Å². The Hall–Kier alpha value is -1.40. The average molecular weight is 389 g/mol. The van der Waals surface area contributed by atoms with Gasteiger partial charge in [0.2, 0.25) is 0 Å². The minimum Gasteiger partial charge on any atom is -0.481 e. The van der Waals surface area contributed by atoms with Crippen molar-refractivity contribution in [3.8, 4) is 0 Å². The summed E-state index contributed by atoms with van der Waals surface area (Å²) in [5.41, 5.74) is 0. The van der Waals surface area contributed by atoms with Gasteiger partial charge in [-0.2, -0.15) is 0 Å².